The fraction of sp³-hybridized carbons (Fsp3) is 0.435. The van der Waals surface area contributed by atoms with Gasteiger partial charge in [-0.1, -0.05) is 24.3 Å². The molecule has 1 saturated heterocycles. The van der Waals surface area contributed by atoms with Crippen LogP contribution in [-0.4, -0.2) is 65.0 Å². The second-order valence-electron chi connectivity index (χ2n) is 7.95. The summed E-state index contributed by atoms with van der Waals surface area (Å²) in [6.07, 6.45) is 0. The number of methoxy groups -OCH3 is 1. The van der Waals surface area contributed by atoms with Crippen molar-refractivity contribution < 1.29 is 9.13 Å². The smallest absolute Gasteiger partial charge is 0.173 e. The topological polar surface area (TPSA) is 59.3 Å². The molecule has 0 bridgehead atoms. The summed E-state index contributed by atoms with van der Waals surface area (Å²) in [5.41, 5.74) is 4.91. The molecule has 8 heteroatoms. The first kappa shape index (κ1) is 21.4. The van der Waals surface area contributed by atoms with Crippen molar-refractivity contribution in [2.45, 2.75) is 26.4 Å². The van der Waals surface area contributed by atoms with Crippen LogP contribution in [0.1, 0.15) is 28.6 Å². The van der Waals surface area contributed by atoms with Gasteiger partial charge in [-0.05, 0) is 59.2 Å². The SMILES string of the molecule is COCCn1nnnc1[C@@H](c1ccc(F)cc1)N1CCN(c2cccc(C)c2C)CC1. The van der Waals surface area contributed by atoms with Crippen LogP contribution in [0.4, 0.5) is 10.1 Å². The normalized spacial score (nSPS) is 15.9. The molecule has 0 spiro atoms. The number of nitrogens with zero attached hydrogens (tertiary/aromatic N) is 6. The van der Waals surface area contributed by atoms with Gasteiger partial charge in [0.25, 0.3) is 0 Å². The van der Waals surface area contributed by atoms with Crippen molar-refractivity contribution in [2.75, 3.05) is 44.8 Å². The monoisotopic (exact) mass is 424 g/mol. The van der Waals surface area contributed by atoms with Gasteiger partial charge in [0, 0.05) is 39.0 Å². The van der Waals surface area contributed by atoms with Gasteiger partial charge in [0.2, 0.25) is 0 Å². The lowest BCUT2D eigenvalue weighted by atomic mass is 10.0. The van der Waals surface area contributed by atoms with Gasteiger partial charge >= 0.3 is 0 Å². The molecule has 0 radical (unpaired) electrons. The molecule has 4 rings (SSSR count). The molecule has 1 fully saturated rings. The van der Waals surface area contributed by atoms with E-state index in [1.54, 1.807) is 11.8 Å². The first-order chi connectivity index (χ1) is 15.1. The number of benzene rings is 2. The van der Waals surface area contributed by atoms with E-state index in [-0.39, 0.29) is 11.9 Å². The van der Waals surface area contributed by atoms with Crippen LogP contribution in [0.3, 0.4) is 0 Å². The zero-order chi connectivity index (χ0) is 21.8. The van der Waals surface area contributed by atoms with E-state index in [0.717, 1.165) is 37.6 Å². The lowest BCUT2D eigenvalue weighted by molar-refractivity contribution is 0.171. The van der Waals surface area contributed by atoms with Crippen LogP contribution in [0, 0.1) is 19.7 Å². The summed E-state index contributed by atoms with van der Waals surface area (Å²) in [6.45, 7) is 8.94. The summed E-state index contributed by atoms with van der Waals surface area (Å²) in [4.78, 5) is 4.82. The molecule has 0 aliphatic carbocycles. The zero-order valence-corrected chi connectivity index (χ0v) is 18.3. The molecule has 0 saturated carbocycles. The second kappa shape index (κ2) is 9.53. The van der Waals surface area contributed by atoms with E-state index in [9.17, 15) is 4.39 Å². The molecule has 2 heterocycles. The molecule has 1 aliphatic heterocycles. The molecule has 2 aromatic carbocycles. The van der Waals surface area contributed by atoms with Crippen LogP contribution < -0.4 is 4.90 Å². The highest BCUT2D eigenvalue weighted by atomic mass is 19.1. The van der Waals surface area contributed by atoms with Gasteiger partial charge in [-0.3, -0.25) is 4.90 Å². The Kier molecular flexibility index (Phi) is 6.58. The number of ether oxygens (including phenoxy) is 1. The minimum absolute atomic E-state index is 0.145. The van der Waals surface area contributed by atoms with Gasteiger partial charge in [0.05, 0.1) is 19.2 Å². The fourth-order valence-electron chi connectivity index (χ4n) is 4.21. The van der Waals surface area contributed by atoms with Crippen molar-refractivity contribution in [1.29, 1.82) is 0 Å². The number of hydrogen-bond donors (Lipinski definition) is 0. The third-order valence-corrected chi connectivity index (χ3v) is 6.09. The maximum absolute atomic E-state index is 13.6. The molecule has 0 N–H and O–H groups in total. The molecule has 3 aromatic rings. The molecule has 0 amide bonds. The average Bonchev–Trinajstić information content (AvgIpc) is 3.24. The van der Waals surface area contributed by atoms with Crippen molar-refractivity contribution in [3.8, 4) is 0 Å². The van der Waals surface area contributed by atoms with Gasteiger partial charge in [-0.2, -0.15) is 0 Å². The third kappa shape index (κ3) is 4.60. The Morgan fingerprint density at radius 2 is 1.77 bits per heavy atom. The van der Waals surface area contributed by atoms with Gasteiger partial charge < -0.3 is 9.64 Å². The molecular weight excluding hydrogens is 395 g/mol. The van der Waals surface area contributed by atoms with E-state index >= 15 is 0 Å². The van der Waals surface area contributed by atoms with Gasteiger partial charge in [0.1, 0.15) is 5.82 Å². The summed E-state index contributed by atoms with van der Waals surface area (Å²) in [6, 6.07) is 13.0. The summed E-state index contributed by atoms with van der Waals surface area (Å²) in [7, 11) is 1.66. The predicted molar refractivity (Wildman–Crippen MR) is 118 cm³/mol. The van der Waals surface area contributed by atoms with E-state index in [0.29, 0.717) is 13.2 Å². The predicted octanol–water partition coefficient (Wildman–Crippen LogP) is 2.99. The van der Waals surface area contributed by atoms with E-state index in [4.69, 9.17) is 4.74 Å². The Morgan fingerprint density at radius 1 is 1.03 bits per heavy atom. The average molecular weight is 425 g/mol. The van der Waals surface area contributed by atoms with Crippen molar-refractivity contribution in [2.24, 2.45) is 0 Å². The molecule has 7 nitrogen and oxygen atoms in total. The molecule has 0 unspecified atom stereocenters. The maximum atomic E-state index is 13.6. The van der Waals surface area contributed by atoms with Crippen molar-refractivity contribution in [3.05, 3.63) is 70.8 Å². The second-order valence-corrected chi connectivity index (χ2v) is 7.95. The number of aryl methyl sites for hydroxylation is 1. The first-order valence-corrected chi connectivity index (χ1v) is 10.6. The number of hydrogen-bond acceptors (Lipinski definition) is 6. The Hall–Kier alpha value is -2.84. The quantitative estimate of drug-likeness (QED) is 0.581. The van der Waals surface area contributed by atoms with Gasteiger partial charge in [0.15, 0.2) is 5.82 Å². The van der Waals surface area contributed by atoms with E-state index in [1.807, 2.05) is 12.1 Å². The standard InChI is InChI=1S/C23H29FN6O/c1-17-5-4-6-21(18(17)2)28-11-13-29(14-12-28)22(19-7-9-20(24)10-8-19)23-25-26-27-30(23)15-16-31-3/h4-10,22H,11-16H2,1-3H3/t22-/m1/s1. The van der Waals surface area contributed by atoms with Crippen LogP contribution >= 0.6 is 0 Å². The summed E-state index contributed by atoms with van der Waals surface area (Å²) in [5, 5.41) is 12.4. The van der Waals surface area contributed by atoms with E-state index < -0.39 is 0 Å². The lowest BCUT2D eigenvalue weighted by Gasteiger charge is -2.40. The van der Waals surface area contributed by atoms with E-state index in [2.05, 4.69) is 57.4 Å². The van der Waals surface area contributed by atoms with Crippen LogP contribution in [0.5, 0.6) is 0 Å². The Morgan fingerprint density at radius 3 is 2.48 bits per heavy atom. The first-order valence-electron chi connectivity index (χ1n) is 10.6. The van der Waals surface area contributed by atoms with Gasteiger partial charge in [-0.25, -0.2) is 9.07 Å². The highest BCUT2D eigenvalue weighted by Crippen LogP contribution is 2.30. The number of rotatable bonds is 7. The molecule has 1 atom stereocenters. The van der Waals surface area contributed by atoms with Gasteiger partial charge in [-0.15, -0.1) is 5.10 Å². The van der Waals surface area contributed by atoms with Crippen LogP contribution in [0.2, 0.25) is 0 Å². The van der Waals surface area contributed by atoms with E-state index in [1.165, 1.54) is 28.9 Å². The minimum atomic E-state index is -0.249. The minimum Gasteiger partial charge on any atom is -0.383 e. The summed E-state index contributed by atoms with van der Waals surface area (Å²) < 4.78 is 20.6. The maximum Gasteiger partial charge on any atom is 0.173 e. The third-order valence-electron chi connectivity index (χ3n) is 6.09. The highest BCUT2D eigenvalue weighted by molar-refractivity contribution is 5.56. The summed E-state index contributed by atoms with van der Waals surface area (Å²) >= 11 is 0. The lowest BCUT2D eigenvalue weighted by Crippen LogP contribution is -2.48. The number of aromatic nitrogens is 4. The number of anilines is 1. The number of piperazine rings is 1. The Balaban J connectivity index is 1.59. The molecule has 1 aliphatic rings. The highest BCUT2D eigenvalue weighted by Gasteiger charge is 2.31. The van der Waals surface area contributed by atoms with Crippen molar-refractivity contribution in [3.63, 3.8) is 0 Å². The Bertz CT molecular complexity index is 998. The van der Waals surface area contributed by atoms with Crippen molar-refractivity contribution in [1.82, 2.24) is 25.1 Å². The number of tetrazole rings is 1. The molecule has 1 aromatic heterocycles. The van der Waals surface area contributed by atoms with Crippen molar-refractivity contribution >= 4 is 5.69 Å². The molecule has 164 valence electrons. The van der Waals surface area contributed by atoms with Crippen LogP contribution in [0.15, 0.2) is 42.5 Å². The summed E-state index contributed by atoms with van der Waals surface area (Å²) in [5.74, 6) is 0.505. The zero-order valence-electron chi connectivity index (χ0n) is 18.3. The molecule has 31 heavy (non-hydrogen) atoms. The Labute approximate surface area is 182 Å². The largest absolute Gasteiger partial charge is 0.383 e. The molecular formula is C23H29FN6O. The fourth-order valence-corrected chi connectivity index (χ4v) is 4.21. The van der Waals surface area contributed by atoms with Crippen LogP contribution in [0.25, 0.3) is 0 Å². The number of halogens is 1. The van der Waals surface area contributed by atoms with Crippen LogP contribution in [-0.2, 0) is 11.3 Å².